The molecule has 0 amide bonds. The molecule has 0 saturated heterocycles. The van der Waals surface area contributed by atoms with Gasteiger partial charge in [-0.3, -0.25) is 0 Å². The zero-order chi connectivity index (χ0) is 16.3. The summed E-state index contributed by atoms with van der Waals surface area (Å²) >= 11 is 3.44. The van der Waals surface area contributed by atoms with Crippen LogP contribution in [-0.2, 0) is 10.7 Å². The van der Waals surface area contributed by atoms with E-state index in [1.165, 1.54) is 5.56 Å². The second kappa shape index (κ2) is 6.57. The van der Waals surface area contributed by atoms with Crippen molar-refractivity contribution >= 4 is 28.1 Å². The van der Waals surface area contributed by atoms with E-state index in [0.29, 0.717) is 5.33 Å². The van der Waals surface area contributed by atoms with Crippen LogP contribution < -0.4 is 0 Å². The van der Waals surface area contributed by atoms with Gasteiger partial charge < -0.3 is 0 Å². The van der Waals surface area contributed by atoms with Gasteiger partial charge >= 0.3 is 0 Å². The summed E-state index contributed by atoms with van der Waals surface area (Å²) in [5.74, 6) is 0. The first kappa shape index (κ1) is 16.6. The van der Waals surface area contributed by atoms with Gasteiger partial charge in [0.15, 0.2) is 0 Å². The lowest BCUT2D eigenvalue weighted by Gasteiger charge is -2.19. The molecule has 3 heteroatoms. The predicted molar refractivity (Wildman–Crippen MR) is 99.0 cm³/mol. The van der Waals surface area contributed by atoms with Gasteiger partial charge in [-0.15, -0.1) is 5.10 Å². The zero-order valence-electron chi connectivity index (χ0n) is 13.4. The fourth-order valence-electron chi connectivity index (χ4n) is 2.38. The fraction of sp³-hybridized carbons (Fsp3) is 0.263. The predicted octanol–water partition coefficient (Wildman–Crippen LogP) is 5.62. The minimum atomic E-state index is 0.136. The first-order valence-corrected chi connectivity index (χ1v) is 8.35. The van der Waals surface area contributed by atoms with Crippen molar-refractivity contribution < 1.29 is 0 Å². The molecule has 2 aromatic rings. The van der Waals surface area contributed by atoms with Crippen molar-refractivity contribution in [2.24, 2.45) is 0 Å². The number of halogens is 1. The molecule has 22 heavy (non-hydrogen) atoms. The molecule has 2 nitrogen and oxygen atoms in total. The summed E-state index contributed by atoms with van der Waals surface area (Å²) in [6.45, 7) is 14.4. The van der Waals surface area contributed by atoms with Crippen LogP contribution in [0.15, 0.2) is 37.4 Å². The Balaban J connectivity index is 2.58. The van der Waals surface area contributed by atoms with E-state index in [1.807, 2.05) is 12.2 Å². The molecule has 0 saturated carbocycles. The van der Waals surface area contributed by atoms with E-state index in [1.54, 1.807) is 0 Å². The van der Waals surface area contributed by atoms with E-state index >= 15 is 0 Å². The topological polar surface area (TPSA) is 25.8 Å². The molecule has 0 N–H and O–H groups in total. The molecule has 1 aromatic heterocycles. The van der Waals surface area contributed by atoms with Gasteiger partial charge in [0.05, 0.1) is 5.69 Å². The van der Waals surface area contributed by atoms with Gasteiger partial charge in [0.1, 0.15) is 5.69 Å². The number of benzene rings is 1. The quantitative estimate of drug-likeness (QED) is 0.664. The molecule has 0 spiro atoms. The van der Waals surface area contributed by atoms with Crippen LogP contribution in [0.25, 0.3) is 23.4 Å². The average Bonchev–Trinajstić information content (AvgIpc) is 2.52. The molecule has 0 aliphatic rings. The molecular weight excluding hydrogens is 336 g/mol. The molecule has 114 valence electrons. The maximum absolute atomic E-state index is 4.39. The Hall–Kier alpha value is -1.74. The second-order valence-electron chi connectivity index (χ2n) is 6.19. The van der Waals surface area contributed by atoms with E-state index < -0.39 is 0 Å². The Bertz CT molecular complexity index is 695. The van der Waals surface area contributed by atoms with E-state index in [-0.39, 0.29) is 5.41 Å². The molecule has 0 aliphatic heterocycles. The average molecular weight is 357 g/mol. The molecule has 0 aliphatic carbocycles. The highest BCUT2D eigenvalue weighted by Crippen LogP contribution is 2.30. The highest BCUT2D eigenvalue weighted by molar-refractivity contribution is 9.08. The Labute approximate surface area is 141 Å². The molecule has 0 fully saturated rings. The fourth-order valence-corrected chi connectivity index (χ4v) is 2.79. The second-order valence-corrected chi connectivity index (χ2v) is 6.75. The van der Waals surface area contributed by atoms with Crippen molar-refractivity contribution in [1.82, 2.24) is 10.2 Å². The van der Waals surface area contributed by atoms with E-state index in [2.05, 4.69) is 84.3 Å². The van der Waals surface area contributed by atoms with Gasteiger partial charge in [-0.1, -0.05) is 86.3 Å². The summed E-state index contributed by atoms with van der Waals surface area (Å²) in [7, 11) is 0. The molecule has 0 atom stereocenters. The number of alkyl halides is 1. The molecule has 0 radical (unpaired) electrons. The standard InChI is InChI=1S/C19H21BrN2/c1-6-15-16(7-2)18(22-21-17(15)12-20)13-8-10-14(11-9-13)19(3,4)5/h6-11H,1-2,12H2,3-5H3. The summed E-state index contributed by atoms with van der Waals surface area (Å²) in [6.07, 6.45) is 3.64. The minimum absolute atomic E-state index is 0.136. The SMILES string of the molecule is C=Cc1c(CBr)nnc(-c2ccc(C(C)(C)C)cc2)c1C=C. The van der Waals surface area contributed by atoms with Gasteiger partial charge in [0.2, 0.25) is 0 Å². The monoisotopic (exact) mass is 356 g/mol. The maximum atomic E-state index is 4.39. The summed E-state index contributed by atoms with van der Waals surface area (Å²) in [5, 5.41) is 9.34. The molecule has 1 aromatic carbocycles. The third-order valence-corrected chi connectivity index (χ3v) is 4.22. The third-order valence-electron chi connectivity index (χ3n) is 3.69. The van der Waals surface area contributed by atoms with Crippen molar-refractivity contribution in [3.63, 3.8) is 0 Å². The molecular formula is C19H21BrN2. The first-order chi connectivity index (χ1) is 10.4. The first-order valence-electron chi connectivity index (χ1n) is 7.23. The van der Waals surface area contributed by atoms with Gasteiger partial charge in [-0.25, -0.2) is 0 Å². The van der Waals surface area contributed by atoms with Gasteiger partial charge in [-0.2, -0.15) is 5.10 Å². The van der Waals surface area contributed by atoms with Crippen molar-refractivity contribution in [2.45, 2.75) is 31.5 Å². The normalized spacial score (nSPS) is 11.3. The highest BCUT2D eigenvalue weighted by Gasteiger charge is 2.16. The lowest BCUT2D eigenvalue weighted by atomic mass is 9.86. The van der Waals surface area contributed by atoms with E-state index in [9.17, 15) is 0 Å². The van der Waals surface area contributed by atoms with Crippen molar-refractivity contribution in [2.75, 3.05) is 0 Å². The molecule has 0 bridgehead atoms. The summed E-state index contributed by atoms with van der Waals surface area (Å²) < 4.78 is 0. The lowest BCUT2D eigenvalue weighted by Crippen LogP contribution is -2.10. The van der Waals surface area contributed by atoms with Crippen LogP contribution in [0.4, 0.5) is 0 Å². The number of rotatable bonds is 4. The Morgan fingerprint density at radius 2 is 1.59 bits per heavy atom. The Morgan fingerprint density at radius 3 is 2.05 bits per heavy atom. The van der Waals surface area contributed by atoms with Crippen LogP contribution in [0.5, 0.6) is 0 Å². The Kier molecular flexibility index (Phi) is 4.97. The van der Waals surface area contributed by atoms with E-state index in [4.69, 9.17) is 0 Å². The number of hydrogen-bond acceptors (Lipinski definition) is 2. The van der Waals surface area contributed by atoms with Crippen LogP contribution >= 0.6 is 15.9 Å². The van der Waals surface area contributed by atoms with Crippen LogP contribution in [0.1, 0.15) is 43.2 Å². The molecule has 0 unspecified atom stereocenters. The lowest BCUT2D eigenvalue weighted by molar-refractivity contribution is 0.590. The van der Waals surface area contributed by atoms with Gasteiger partial charge in [0, 0.05) is 22.0 Å². The number of hydrogen-bond donors (Lipinski definition) is 0. The minimum Gasteiger partial charge on any atom is -0.153 e. The largest absolute Gasteiger partial charge is 0.153 e. The van der Waals surface area contributed by atoms with Crippen molar-refractivity contribution in [1.29, 1.82) is 0 Å². The van der Waals surface area contributed by atoms with Crippen molar-refractivity contribution in [3.8, 4) is 11.3 Å². The number of nitrogens with zero attached hydrogens (tertiary/aromatic N) is 2. The zero-order valence-corrected chi connectivity index (χ0v) is 14.9. The van der Waals surface area contributed by atoms with Crippen molar-refractivity contribution in [3.05, 3.63) is 59.8 Å². The summed E-state index contributed by atoms with van der Waals surface area (Å²) in [6, 6.07) is 8.49. The molecule has 1 heterocycles. The molecule has 2 rings (SSSR count). The van der Waals surface area contributed by atoms with Crippen LogP contribution in [0.3, 0.4) is 0 Å². The maximum Gasteiger partial charge on any atom is 0.101 e. The summed E-state index contributed by atoms with van der Waals surface area (Å²) in [4.78, 5) is 0. The van der Waals surface area contributed by atoms with Gasteiger partial charge in [-0.05, 0) is 11.0 Å². The van der Waals surface area contributed by atoms with Gasteiger partial charge in [0.25, 0.3) is 0 Å². The van der Waals surface area contributed by atoms with E-state index in [0.717, 1.165) is 28.1 Å². The smallest absolute Gasteiger partial charge is 0.101 e. The van der Waals surface area contributed by atoms with Crippen LogP contribution in [-0.4, -0.2) is 10.2 Å². The highest BCUT2D eigenvalue weighted by atomic mass is 79.9. The number of aromatic nitrogens is 2. The third kappa shape index (κ3) is 3.20. The van der Waals surface area contributed by atoms with Crippen LogP contribution in [0, 0.1) is 0 Å². The summed E-state index contributed by atoms with van der Waals surface area (Å²) in [5.41, 5.74) is 6.15. The Morgan fingerprint density at radius 1 is 1.00 bits per heavy atom. The van der Waals surface area contributed by atoms with Crippen LogP contribution in [0.2, 0.25) is 0 Å².